The van der Waals surface area contributed by atoms with Crippen LogP contribution in [0.25, 0.3) is 0 Å². The van der Waals surface area contributed by atoms with Gasteiger partial charge in [0.1, 0.15) is 0 Å². The van der Waals surface area contributed by atoms with Crippen LogP contribution in [0.2, 0.25) is 0 Å². The number of nitrogens with one attached hydrogen (secondary N) is 1. The molecule has 0 unspecified atom stereocenters. The molecular formula is C8H9ClN3O2-. The van der Waals surface area contributed by atoms with Gasteiger partial charge in [0, 0.05) is 18.0 Å². The van der Waals surface area contributed by atoms with Crippen molar-refractivity contribution in [3.05, 3.63) is 30.1 Å². The summed E-state index contributed by atoms with van der Waals surface area (Å²) in [5, 5.41) is 13.6. The normalized spacial score (nSPS) is 10.2. The molecule has 0 aromatic carbocycles. The predicted octanol–water partition coefficient (Wildman–Crippen LogP) is 0.160. The van der Waals surface area contributed by atoms with Crippen LogP contribution in [0.5, 0.6) is 0 Å². The topological polar surface area (TPSA) is 77.4 Å². The fourth-order valence-corrected chi connectivity index (χ4v) is 0.787. The first kappa shape index (κ1) is 12.4. The van der Waals surface area contributed by atoms with E-state index in [-0.39, 0.29) is 12.4 Å². The number of carboxylic acid groups (broad SMARTS) is 1. The molecular weight excluding hydrogens is 206 g/mol. The molecule has 0 aliphatic carbocycles. The molecule has 1 heterocycles. The van der Waals surface area contributed by atoms with Gasteiger partial charge in [-0.2, -0.15) is 5.10 Å². The maximum atomic E-state index is 9.99. The largest absolute Gasteiger partial charge is 0.529 e. The summed E-state index contributed by atoms with van der Waals surface area (Å²) in [5.41, 5.74) is 3.19. The summed E-state index contributed by atoms with van der Waals surface area (Å²) in [7, 11) is 0. The molecule has 0 aliphatic heterocycles. The Kier molecular flexibility index (Phi) is 5.24. The van der Waals surface area contributed by atoms with Crippen LogP contribution >= 0.6 is 12.4 Å². The highest BCUT2D eigenvalue weighted by Gasteiger charge is 1.94. The summed E-state index contributed by atoms with van der Waals surface area (Å²) in [4.78, 5) is 13.8. The summed E-state index contributed by atoms with van der Waals surface area (Å²) in [5.74, 6) is 0. The van der Waals surface area contributed by atoms with Gasteiger partial charge < -0.3 is 9.90 Å². The van der Waals surface area contributed by atoms with Crippen LogP contribution in [0.1, 0.15) is 12.5 Å². The average molecular weight is 215 g/mol. The van der Waals surface area contributed by atoms with E-state index < -0.39 is 6.09 Å². The Morgan fingerprint density at radius 2 is 2.07 bits per heavy atom. The summed E-state index contributed by atoms with van der Waals surface area (Å²) in [6, 6.07) is 3.46. The number of rotatable bonds is 2. The fourth-order valence-electron chi connectivity index (χ4n) is 0.787. The molecule has 76 valence electrons. The summed E-state index contributed by atoms with van der Waals surface area (Å²) >= 11 is 0. The monoisotopic (exact) mass is 214 g/mol. The lowest BCUT2D eigenvalue weighted by Gasteiger charge is -2.02. The van der Waals surface area contributed by atoms with E-state index in [0.717, 1.165) is 5.56 Å². The number of pyridine rings is 1. The molecule has 5 nitrogen and oxygen atoms in total. The van der Waals surface area contributed by atoms with Crippen LogP contribution in [-0.4, -0.2) is 16.8 Å². The van der Waals surface area contributed by atoms with E-state index in [4.69, 9.17) is 0 Å². The molecule has 1 rings (SSSR count). The van der Waals surface area contributed by atoms with Crippen LogP contribution in [-0.2, 0) is 0 Å². The third kappa shape index (κ3) is 3.86. The van der Waals surface area contributed by atoms with Crippen molar-refractivity contribution in [3.63, 3.8) is 0 Å². The molecule has 0 spiro atoms. The minimum absolute atomic E-state index is 0. The van der Waals surface area contributed by atoms with Gasteiger partial charge in [-0.1, -0.05) is 0 Å². The molecule has 1 aromatic heterocycles. The van der Waals surface area contributed by atoms with Gasteiger partial charge in [-0.3, -0.25) is 10.4 Å². The fraction of sp³-hybridized carbons (Fsp3) is 0.125. The Balaban J connectivity index is 0.00000169. The first-order valence-corrected chi connectivity index (χ1v) is 3.62. The number of halogens is 1. The standard InChI is InChI=1S/C8H9N3O2.ClH/c1-6(10-11-8(12)13)7-2-4-9-5-3-7;/h2-5,11H,1H3,(H,12,13);1H/p-1/b10-6-;. The lowest BCUT2D eigenvalue weighted by atomic mass is 10.2. The minimum Gasteiger partial charge on any atom is -0.529 e. The molecule has 0 atom stereocenters. The van der Waals surface area contributed by atoms with Crippen LogP contribution in [0.3, 0.4) is 0 Å². The van der Waals surface area contributed by atoms with E-state index in [0.29, 0.717) is 5.71 Å². The number of hydrogen-bond acceptors (Lipinski definition) is 4. The van der Waals surface area contributed by atoms with Gasteiger partial charge in [0.15, 0.2) is 6.09 Å². The Morgan fingerprint density at radius 1 is 1.50 bits per heavy atom. The zero-order valence-corrected chi connectivity index (χ0v) is 8.25. The molecule has 0 bridgehead atoms. The van der Waals surface area contributed by atoms with E-state index in [9.17, 15) is 9.90 Å². The van der Waals surface area contributed by atoms with E-state index in [1.165, 1.54) is 0 Å². The Labute approximate surface area is 87.3 Å². The van der Waals surface area contributed by atoms with Gasteiger partial charge >= 0.3 is 0 Å². The van der Waals surface area contributed by atoms with Crippen LogP contribution < -0.4 is 10.5 Å². The van der Waals surface area contributed by atoms with E-state index >= 15 is 0 Å². The second-order valence-electron chi connectivity index (χ2n) is 2.33. The smallest absolute Gasteiger partial charge is 0.155 e. The van der Waals surface area contributed by atoms with Crippen LogP contribution in [0.15, 0.2) is 29.6 Å². The quantitative estimate of drug-likeness (QED) is 0.563. The maximum Gasteiger partial charge on any atom is 0.155 e. The first-order chi connectivity index (χ1) is 6.20. The number of aromatic nitrogens is 1. The van der Waals surface area contributed by atoms with Gasteiger partial charge in [0.2, 0.25) is 0 Å². The minimum atomic E-state index is -1.42. The number of carbonyl (C=O) groups excluding carboxylic acids is 1. The van der Waals surface area contributed by atoms with Gasteiger partial charge in [-0.25, -0.2) is 0 Å². The zero-order chi connectivity index (χ0) is 9.68. The highest BCUT2D eigenvalue weighted by Crippen LogP contribution is 1.97. The number of hydrogen-bond donors (Lipinski definition) is 1. The second-order valence-corrected chi connectivity index (χ2v) is 2.33. The second kappa shape index (κ2) is 5.93. The number of amides is 1. The molecule has 0 aliphatic rings. The van der Waals surface area contributed by atoms with E-state index in [1.54, 1.807) is 31.5 Å². The first-order valence-electron chi connectivity index (χ1n) is 3.62. The van der Waals surface area contributed by atoms with E-state index in [1.807, 2.05) is 5.43 Å². The summed E-state index contributed by atoms with van der Waals surface area (Å²) < 4.78 is 0. The van der Waals surface area contributed by atoms with Crippen molar-refractivity contribution in [3.8, 4) is 0 Å². The molecule has 0 radical (unpaired) electrons. The number of carbonyl (C=O) groups is 1. The molecule has 6 heteroatoms. The van der Waals surface area contributed by atoms with E-state index in [2.05, 4.69) is 10.1 Å². The molecule has 1 aromatic rings. The van der Waals surface area contributed by atoms with Crippen molar-refractivity contribution >= 4 is 24.2 Å². The summed E-state index contributed by atoms with van der Waals surface area (Å²) in [6.45, 7) is 1.69. The number of nitrogens with zero attached hydrogens (tertiary/aromatic N) is 2. The Hall–Kier alpha value is -1.62. The highest BCUT2D eigenvalue weighted by molar-refractivity contribution is 5.98. The summed E-state index contributed by atoms with van der Waals surface area (Å²) in [6.07, 6.45) is 1.79. The van der Waals surface area contributed by atoms with Crippen molar-refractivity contribution in [2.24, 2.45) is 5.10 Å². The van der Waals surface area contributed by atoms with Gasteiger partial charge in [0.05, 0.1) is 5.71 Å². The zero-order valence-electron chi connectivity index (χ0n) is 7.43. The molecule has 14 heavy (non-hydrogen) atoms. The van der Waals surface area contributed by atoms with Crippen LogP contribution in [0, 0.1) is 0 Å². The molecule has 0 fully saturated rings. The number of hydrazone groups is 1. The SMILES string of the molecule is C/C(=N/NC(=O)[O-])c1ccncc1.Cl. The van der Waals surface area contributed by atoms with Crippen molar-refractivity contribution in [1.29, 1.82) is 0 Å². The van der Waals surface area contributed by atoms with Crippen molar-refractivity contribution in [2.75, 3.05) is 0 Å². The highest BCUT2D eigenvalue weighted by atomic mass is 35.5. The molecule has 0 saturated heterocycles. The third-order valence-corrected chi connectivity index (χ3v) is 1.41. The Bertz CT molecular complexity index is 327. The van der Waals surface area contributed by atoms with Crippen LogP contribution in [0.4, 0.5) is 4.79 Å². The molecule has 0 saturated carbocycles. The van der Waals surface area contributed by atoms with Crippen molar-refractivity contribution in [1.82, 2.24) is 10.4 Å². The Morgan fingerprint density at radius 3 is 2.57 bits per heavy atom. The van der Waals surface area contributed by atoms with Crippen molar-refractivity contribution in [2.45, 2.75) is 6.92 Å². The predicted molar refractivity (Wildman–Crippen MR) is 52.2 cm³/mol. The van der Waals surface area contributed by atoms with Gasteiger partial charge in [0.25, 0.3) is 0 Å². The van der Waals surface area contributed by atoms with Gasteiger partial charge in [-0.05, 0) is 19.1 Å². The lowest BCUT2D eigenvalue weighted by Crippen LogP contribution is -2.33. The lowest BCUT2D eigenvalue weighted by molar-refractivity contribution is -0.250. The molecule has 1 N–H and O–H groups in total. The average Bonchev–Trinajstić information content (AvgIpc) is 2.15. The van der Waals surface area contributed by atoms with Gasteiger partial charge in [-0.15, -0.1) is 12.4 Å². The third-order valence-electron chi connectivity index (χ3n) is 1.41. The molecule has 1 amide bonds. The maximum absolute atomic E-state index is 9.99. The van der Waals surface area contributed by atoms with Crippen molar-refractivity contribution < 1.29 is 9.90 Å².